The summed E-state index contributed by atoms with van der Waals surface area (Å²) in [5, 5.41) is 0. The van der Waals surface area contributed by atoms with Crippen molar-refractivity contribution in [2.75, 3.05) is 13.7 Å². The highest BCUT2D eigenvalue weighted by atomic mass is 16.5. The van der Waals surface area contributed by atoms with Crippen LogP contribution in [0.5, 0.6) is 5.75 Å². The van der Waals surface area contributed by atoms with E-state index in [9.17, 15) is 0 Å². The molecule has 0 heterocycles. The molecule has 0 saturated heterocycles. The predicted octanol–water partition coefficient (Wildman–Crippen LogP) is 4.74. The summed E-state index contributed by atoms with van der Waals surface area (Å²) in [6.07, 6.45) is 5.93. The molecule has 1 aromatic carbocycles. The van der Waals surface area contributed by atoms with Crippen molar-refractivity contribution in [1.29, 1.82) is 0 Å². The molecule has 0 aliphatic heterocycles. The van der Waals surface area contributed by atoms with E-state index < -0.39 is 0 Å². The minimum absolute atomic E-state index is 0.174. The second-order valence-electron chi connectivity index (χ2n) is 4.60. The molecule has 1 atom stereocenters. The highest BCUT2D eigenvalue weighted by Crippen LogP contribution is 2.31. The van der Waals surface area contributed by atoms with Crippen LogP contribution in [0.3, 0.4) is 0 Å². The van der Waals surface area contributed by atoms with E-state index in [0.29, 0.717) is 0 Å². The summed E-state index contributed by atoms with van der Waals surface area (Å²) in [7, 11) is 1.72. The number of para-hydroxylation sites is 1. The van der Waals surface area contributed by atoms with Gasteiger partial charge >= 0.3 is 0 Å². The maximum Gasteiger partial charge on any atom is 0.124 e. The van der Waals surface area contributed by atoms with E-state index >= 15 is 0 Å². The Bertz CT molecular complexity index is 323. The first kappa shape index (κ1) is 15.0. The van der Waals surface area contributed by atoms with Crippen LogP contribution < -0.4 is 4.74 Å². The van der Waals surface area contributed by atoms with E-state index in [-0.39, 0.29) is 6.10 Å². The van der Waals surface area contributed by atoms with Crippen molar-refractivity contribution < 1.29 is 9.47 Å². The molecule has 2 nitrogen and oxygen atoms in total. The molecule has 0 spiro atoms. The SMILES string of the molecule is CCCCOC(CCCC)c1ccccc1OC. The number of methoxy groups -OCH3 is 1. The largest absolute Gasteiger partial charge is 0.496 e. The van der Waals surface area contributed by atoms with Crippen LogP contribution >= 0.6 is 0 Å². The van der Waals surface area contributed by atoms with Crippen molar-refractivity contribution in [1.82, 2.24) is 0 Å². The predicted molar refractivity (Wildman–Crippen MR) is 76.1 cm³/mol. The number of rotatable bonds is 9. The summed E-state index contributed by atoms with van der Waals surface area (Å²) in [6.45, 7) is 5.24. The van der Waals surface area contributed by atoms with Crippen LogP contribution in [0.1, 0.15) is 57.6 Å². The summed E-state index contributed by atoms with van der Waals surface area (Å²) in [5.74, 6) is 0.940. The van der Waals surface area contributed by atoms with Gasteiger partial charge < -0.3 is 9.47 Å². The van der Waals surface area contributed by atoms with Gasteiger partial charge in [0.1, 0.15) is 5.75 Å². The quantitative estimate of drug-likeness (QED) is 0.589. The van der Waals surface area contributed by atoms with Gasteiger partial charge in [-0.3, -0.25) is 0 Å². The molecule has 102 valence electrons. The van der Waals surface area contributed by atoms with Crippen molar-refractivity contribution in [3.05, 3.63) is 29.8 Å². The number of unbranched alkanes of at least 4 members (excludes halogenated alkanes) is 2. The molecule has 0 fully saturated rings. The van der Waals surface area contributed by atoms with Crippen molar-refractivity contribution >= 4 is 0 Å². The molecule has 0 aliphatic carbocycles. The van der Waals surface area contributed by atoms with E-state index in [4.69, 9.17) is 9.47 Å². The summed E-state index contributed by atoms with van der Waals surface area (Å²) < 4.78 is 11.5. The van der Waals surface area contributed by atoms with Crippen LogP contribution in [-0.4, -0.2) is 13.7 Å². The fourth-order valence-electron chi connectivity index (χ4n) is 2.02. The maximum absolute atomic E-state index is 6.03. The van der Waals surface area contributed by atoms with E-state index in [1.165, 1.54) is 24.8 Å². The Morgan fingerprint density at radius 2 is 1.78 bits per heavy atom. The number of hydrogen-bond donors (Lipinski definition) is 0. The molecule has 2 heteroatoms. The molecule has 1 aromatic rings. The lowest BCUT2D eigenvalue weighted by molar-refractivity contribution is 0.0416. The fourth-order valence-corrected chi connectivity index (χ4v) is 2.02. The number of hydrogen-bond acceptors (Lipinski definition) is 2. The normalized spacial score (nSPS) is 12.4. The monoisotopic (exact) mass is 250 g/mol. The lowest BCUT2D eigenvalue weighted by atomic mass is 10.0. The molecular weight excluding hydrogens is 224 g/mol. The highest BCUT2D eigenvalue weighted by molar-refractivity contribution is 5.35. The molecule has 0 N–H and O–H groups in total. The zero-order valence-corrected chi connectivity index (χ0v) is 11.9. The van der Waals surface area contributed by atoms with Gasteiger partial charge in [-0.25, -0.2) is 0 Å². The van der Waals surface area contributed by atoms with Crippen molar-refractivity contribution in [3.63, 3.8) is 0 Å². The van der Waals surface area contributed by atoms with Gasteiger partial charge in [0.05, 0.1) is 13.2 Å². The lowest BCUT2D eigenvalue weighted by Gasteiger charge is -2.20. The van der Waals surface area contributed by atoms with Crippen molar-refractivity contribution in [2.24, 2.45) is 0 Å². The van der Waals surface area contributed by atoms with Crippen LogP contribution in [0.2, 0.25) is 0 Å². The van der Waals surface area contributed by atoms with Crippen LogP contribution in [-0.2, 0) is 4.74 Å². The Labute approximate surface area is 111 Å². The van der Waals surface area contributed by atoms with Gasteiger partial charge in [0.25, 0.3) is 0 Å². The van der Waals surface area contributed by atoms with Gasteiger partial charge in [-0.15, -0.1) is 0 Å². The summed E-state index contributed by atoms with van der Waals surface area (Å²) >= 11 is 0. The average Bonchev–Trinajstić information content (AvgIpc) is 2.42. The highest BCUT2D eigenvalue weighted by Gasteiger charge is 2.15. The van der Waals surface area contributed by atoms with E-state index in [1.54, 1.807) is 7.11 Å². The Balaban J connectivity index is 2.72. The van der Waals surface area contributed by atoms with Gasteiger partial charge in [-0.2, -0.15) is 0 Å². The van der Waals surface area contributed by atoms with Crippen LogP contribution in [0.4, 0.5) is 0 Å². The molecular formula is C16H26O2. The van der Waals surface area contributed by atoms with Crippen LogP contribution in [0.25, 0.3) is 0 Å². The number of benzene rings is 1. The molecule has 0 bridgehead atoms. The summed E-state index contributed by atoms with van der Waals surface area (Å²) in [4.78, 5) is 0. The lowest BCUT2D eigenvalue weighted by Crippen LogP contribution is -2.07. The smallest absolute Gasteiger partial charge is 0.124 e. The summed E-state index contributed by atoms with van der Waals surface area (Å²) in [5.41, 5.74) is 1.18. The zero-order chi connectivity index (χ0) is 13.2. The number of ether oxygens (including phenoxy) is 2. The third kappa shape index (κ3) is 4.69. The molecule has 0 saturated carbocycles. The minimum Gasteiger partial charge on any atom is -0.496 e. The van der Waals surface area contributed by atoms with Gasteiger partial charge in [0.15, 0.2) is 0 Å². The molecule has 0 radical (unpaired) electrons. The summed E-state index contributed by atoms with van der Waals surface area (Å²) in [6, 6.07) is 8.19. The van der Waals surface area contributed by atoms with Gasteiger partial charge in [0, 0.05) is 12.2 Å². The molecule has 0 amide bonds. The molecule has 0 aromatic heterocycles. The average molecular weight is 250 g/mol. The molecule has 1 rings (SSSR count). The maximum atomic E-state index is 6.03. The minimum atomic E-state index is 0.174. The van der Waals surface area contributed by atoms with Crippen molar-refractivity contribution in [2.45, 2.75) is 52.1 Å². The van der Waals surface area contributed by atoms with E-state index in [0.717, 1.165) is 25.2 Å². The Morgan fingerprint density at radius 1 is 1.06 bits per heavy atom. The third-order valence-corrected chi connectivity index (χ3v) is 3.12. The standard InChI is InChI=1S/C16H26O2/c1-4-6-11-16(18-13-7-5-2)14-10-8-9-12-15(14)17-3/h8-10,12,16H,4-7,11,13H2,1-3H3. The third-order valence-electron chi connectivity index (χ3n) is 3.12. The Kier molecular flexibility index (Phi) is 7.51. The molecule has 18 heavy (non-hydrogen) atoms. The zero-order valence-electron chi connectivity index (χ0n) is 11.9. The van der Waals surface area contributed by atoms with E-state index in [2.05, 4.69) is 26.0 Å². The van der Waals surface area contributed by atoms with Gasteiger partial charge in [-0.1, -0.05) is 51.3 Å². The second kappa shape index (κ2) is 8.98. The first-order chi connectivity index (χ1) is 8.83. The van der Waals surface area contributed by atoms with Crippen LogP contribution in [0.15, 0.2) is 24.3 Å². The first-order valence-electron chi connectivity index (χ1n) is 7.08. The Morgan fingerprint density at radius 3 is 2.44 bits per heavy atom. The van der Waals surface area contributed by atoms with Crippen LogP contribution in [0, 0.1) is 0 Å². The first-order valence-corrected chi connectivity index (χ1v) is 7.08. The Hall–Kier alpha value is -1.02. The van der Waals surface area contributed by atoms with Gasteiger partial charge in [-0.05, 0) is 18.9 Å². The van der Waals surface area contributed by atoms with Crippen molar-refractivity contribution in [3.8, 4) is 5.75 Å². The van der Waals surface area contributed by atoms with Gasteiger partial charge in [0.2, 0.25) is 0 Å². The second-order valence-corrected chi connectivity index (χ2v) is 4.60. The topological polar surface area (TPSA) is 18.5 Å². The molecule has 1 unspecified atom stereocenters. The van der Waals surface area contributed by atoms with E-state index in [1.807, 2.05) is 12.1 Å². The molecule has 0 aliphatic rings. The fraction of sp³-hybridized carbons (Fsp3) is 0.625.